The van der Waals surface area contributed by atoms with Gasteiger partial charge in [-0.15, -0.1) is 6.42 Å². The average molecular weight is 292 g/mol. The van der Waals surface area contributed by atoms with Crippen molar-refractivity contribution in [1.29, 1.82) is 0 Å². The Morgan fingerprint density at radius 1 is 1.30 bits per heavy atom. The summed E-state index contributed by atoms with van der Waals surface area (Å²) in [4.78, 5) is 0. The van der Waals surface area contributed by atoms with E-state index in [1.165, 1.54) is 0 Å². The predicted molar refractivity (Wildman–Crippen MR) is 84.4 cm³/mol. The molecule has 0 aliphatic heterocycles. The Morgan fingerprint density at radius 2 is 1.95 bits per heavy atom. The SMILES string of the molecule is C#CCOc1cc(O)ccc1CO[Si](C)(C)C(C)(C)C. The van der Waals surface area contributed by atoms with Crippen molar-refractivity contribution in [1.82, 2.24) is 0 Å². The van der Waals surface area contributed by atoms with Gasteiger partial charge in [-0.25, -0.2) is 0 Å². The van der Waals surface area contributed by atoms with Crippen molar-refractivity contribution in [2.24, 2.45) is 0 Å². The van der Waals surface area contributed by atoms with E-state index < -0.39 is 8.32 Å². The Labute approximate surface area is 123 Å². The summed E-state index contributed by atoms with van der Waals surface area (Å²) in [6.07, 6.45) is 5.20. The van der Waals surface area contributed by atoms with Crippen molar-refractivity contribution < 1.29 is 14.3 Å². The van der Waals surface area contributed by atoms with Gasteiger partial charge < -0.3 is 14.3 Å². The molecule has 4 heteroatoms. The zero-order chi connectivity index (χ0) is 15.4. The fourth-order valence-electron chi connectivity index (χ4n) is 1.39. The maximum Gasteiger partial charge on any atom is 0.192 e. The Morgan fingerprint density at radius 3 is 2.50 bits per heavy atom. The summed E-state index contributed by atoms with van der Waals surface area (Å²) in [5.74, 6) is 3.17. The van der Waals surface area contributed by atoms with Gasteiger partial charge in [0, 0.05) is 11.6 Å². The Bertz CT molecular complexity index is 495. The molecule has 1 rings (SSSR count). The molecule has 1 N–H and O–H groups in total. The van der Waals surface area contributed by atoms with Crippen LogP contribution in [0.3, 0.4) is 0 Å². The first-order chi connectivity index (χ1) is 9.17. The molecule has 0 aliphatic carbocycles. The molecule has 0 aliphatic rings. The summed E-state index contributed by atoms with van der Waals surface area (Å²) < 4.78 is 11.6. The zero-order valence-electron chi connectivity index (χ0n) is 13.0. The van der Waals surface area contributed by atoms with E-state index in [0.717, 1.165) is 5.56 Å². The second-order valence-corrected chi connectivity index (χ2v) is 11.1. The minimum absolute atomic E-state index is 0.157. The van der Waals surface area contributed by atoms with Crippen molar-refractivity contribution in [3.05, 3.63) is 23.8 Å². The van der Waals surface area contributed by atoms with E-state index in [0.29, 0.717) is 12.4 Å². The summed E-state index contributed by atoms with van der Waals surface area (Å²) in [5, 5.41) is 9.69. The van der Waals surface area contributed by atoms with Crippen LogP contribution in [-0.2, 0) is 11.0 Å². The normalized spacial score (nSPS) is 12.0. The molecule has 110 valence electrons. The van der Waals surface area contributed by atoms with Crippen LogP contribution in [0.4, 0.5) is 0 Å². The third-order valence-corrected chi connectivity index (χ3v) is 8.23. The van der Waals surface area contributed by atoms with Crippen molar-refractivity contribution in [2.75, 3.05) is 6.61 Å². The maximum atomic E-state index is 9.53. The lowest BCUT2D eigenvalue weighted by molar-refractivity contribution is 0.266. The lowest BCUT2D eigenvalue weighted by Gasteiger charge is -2.36. The standard InChI is InChI=1S/C16H24O3Si/c1-7-10-18-15-11-14(17)9-8-13(15)12-19-20(5,6)16(2,3)4/h1,8-9,11,17H,10,12H2,2-6H3. The van der Waals surface area contributed by atoms with Crippen LogP contribution in [0.1, 0.15) is 26.3 Å². The van der Waals surface area contributed by atoms with Gasteiger partial charge in [0.25, 0.3) is 0 Å². The van der Waals surface area contributed by atoms with E-state index in [-0.39, 0.29) is 17.4 Å². The molecule has 3 nitrogen and oxygen atoms in total. The van der Waals surface area contributed by atoms with E-state index in [4.69, 9.17) is 15.6 Å². The molecule has 0 fully saturated rings. The maximum absolute atomic E-state index is 9.53. The third kappa shape index (κ3) is 4.29. The van der Waals surface area contributed by atoms with Crippen LogP contribution < -0.4 is 4.74 Å². The van der Waals surface area contributed by atoms with Gasteiger partial charge in [0.1, 0.15) is 18.1 Å². The van der Waals surface area contributed by atoms with Gasteiger partial charge in [-0.05, 0) is 30.3 Å². The Balaban J connectivity index is 2.85. The van der Waals surface area contributed by atoms with Gasteiger partial charge in [0.2, 0.25) is 0 Å². The van der Waals surface area contributed by atoms with E-state index in [1.54, 1.807) is 12.1 Å². The minimum Gasteiger partial charge on any atom is -0.508 e. The highest BCUT2D eigenvalue weighted by atomic mass is 28.4. The molecule has 0 bridgehead atoms. The molecule has 0 heterocycles. The van der Waals surface area contributed by atoms with E-state index in [9.17, 15) is 5.11 Å². The smallest absolute Gasteiger partial charge is 0.192 e. The number of terminal acetylenes is 1. The lowest BCUT2D eigenvalue weighted by atomic mass is 10.2. The summed E-state index contributed by atoms with van der Waals surface area (Å²) in [7, 11) is -1.81. The average Bonchev–Trinajstić information content (AvgIpc) is 2.33. The Hall–Kier alpha value is -1.44. The predicted octanol–water partition coefficient (Wildman–Crippen LogP) is 3.93. The fourth-order valence-corrected chi connectivity index (χ4v) is 2.34. The summed E-state index contributed by atoms with van der Waals surface area (Å²) >= 11 is 0. The number of phenolic OH excluding ortho intramolecular Hbond substituents is 1. The van der Waals surface area contributed by atoms with E-state index in [2.05, 4.69) is 39.8 Å². The van der Waals surface area contributed by atoms with Crippen LogP contribution in [-0.4, -0.2) is 20.0 Å². The molecule has 0 saturated carbocycles. The van der Waals surface area contributed by atoms with Crippen molar-refractivity contribution >= 4 is 8.32 Å². The summed E-state index contributed by atoms with van der Waals surface area (Å²) in [6, 6.07) is 5.02. The third-order valence-electron chi connectivity index (χ3n) is 3.76. The van der Waals surface area contributed by atoms with Gasteiger partial charge in [0.15, 0.2) is 8.32 Å². The van der Waals surface area contributed by atoms with Crippen LogP contribution >= 0.6 is 0 Å². The molecule has 0 unspecified atom stereocenters. The molecular weight excluding hydrogens is 268 g/mol. The van der Waals surface area contributed by atoms with Gasteiger partial charge in [-0.3, -0.25) is 0 Å². The minimum atomic E-state index is -1.81. The summed E-state index contributed by atoms with van der Waals surface area (Å²) in [5.41, 5.74) is 0.905. The molecule has 20 heavy (non-hydrogen) atoms. The van der Waals surface area contributed by atoms with Gasteiger partial charge in [-0.2, -0.15) is 0 Å². The molecule has 0 saturated heterocycles. The first-order valence-electron chi connectivity index (χ1n) is 6.69. The second-order valence-electron chi connectivity index (χ2n) is 6.33. The number of benzene rings is 1. The summed E-state index contributed by atoms with van der Waals surface area (Å²) in [6.45, 7) is 11.7. The molecule has 0 spiro atoms. The number of rotatable bonds is 5. The molecule has 1 aromatic rings. The van der Waals surface area contributed by atoms with E-state index >= 15 is 0 Å². The molecule has 0 amide bonds. The van der Waals surface area contributed by atoms with Crippen molar-refractivity contribution in [2.45, 2.75) is 45.5 Å². The van der Waals surface area contributed by atoms with E-state index in [1.807, 2.05) is 6.07 Å². The zero-order valence-corrected chi connectivity index (χ0v) is 14.0. The number of hydrogen-bond acceptors (Lipinski definition) is 3. The monoisotopic (exact) mass is 292 g/mol. The van der Waals surface area contributed by atoms with Crippen molar-refractivity contribution in [3.63, 3.8) is 0 Å². The molecule has 0 atom stereocenters. The fraction of sp³-hybridized carbons (Fsp3) is 0.500. The number of hydrogen-bond donors (Lipinski definition) is 1. The quantitative estimate of drug-likeness (QED) is 0.660. The highest BCUT2D eigenvalue weighted by molar-refractivity contribution is 6.74. The highest BCUT2D eigenvalue weighted by Gasteiger charge is 2.37. The first-order valence-corrected chi connectivity index (χ1v) is 9.60. The Kier molecular flexibility index (Phi) is 5.26. The first kappa shape index (κ1) is 16.6. The molecule has 1 aromatic carbocycles. The molecule has 0 aromatic heterocycles. The van der Waals surface area contributed by atoms with Gasteiger partial charge in [0.05, 0.1) is 6.61 Å². The number of aromatic hydroxyl groups is 1. The van der Waals surface area contributed by atoms with Crippen LogP contribution in [0.2, 0.25) is 18.1 Å². The number of ether oxygens (including phenoxy) is 1. The van der Waals surface area contributed by atoms with Crippen LogP contribution in [0, 0.1) is 12.3 Å². The second kappa shape index (κ2) is 6.34. The molecule has 0 radical (unpaired) electrons. The van der Waals surface area contributed by atoms with Gasteiger partial charge in [-0.1, -0.05) is 26.7 Å². The largest absolute Gasteiger partial charge is 0.508 e. The highest BCUT2D eigenvalue weighted by Crippen LogP contribution is 2.37. The topological polar surface area (TPSA) is 38.7 Å². The number of phenols is 1. The van der Waals surface area contributed by atoms with Gasteiger partial charge >= 0.3 is 0 Å². The van der Waals surface area contributed by atoms with Crippen LogP contribution in [0.25, 0.3) is 0 Å². The van der Waals surface area contributed by atoms with Crippen LogP contribution in [0.15, 0.2) is 18.2 Å². The van der Waals surface area contributed by atoms with Crippen molar-refractivity contribution in [3.8, 4) is 23.8 Å². The lowest BCUT2D eigenvalue weighted by Crippen LogP contribution is -2.40. The molecular formula is C16H24O3Si. The van der Waals surface area contributed by atoms with Crippen LogP contribution in [0.5, 0.6) is 11.5 Å².